The Hall–Kier alpha value is -0.310. The lowest BCUT2D eigenvalue weighted by molar-refractivity contribution is 0.647. The molecule has 1 heterocycles. The third-order valence-electron chi connectivity index (χ3n) is 2.79. The zero-order chi connectivity index (χ0) is 13.1. The molecule has 0 amide bonds. The molecule has 2 aromatic rings. The summed E-state index contributed by atoms with van der Waals surface area (Å²) in [5.41, 5.74) is 2.54. The number of halogens is 2. The van der Waals surface area contributed by atoms with E-state index in [4.69, 9.17) is 11.6 Å². The number of thiophene rings is 1. The first-order chi connectivity index (χ1) is 8.58. The Balaban J connectivity index is 2.17. The summed E-state index contributed by atoms with van der Waals surface area (Å²) >= 11 is 11.7. The highest BCUT2D eigenvalue weighted by atomic mass is 79.9. The second kappa shape index (κ2) is 6.23. The summed E-state index contributed by atoms with van der Waals surface area (Å²) in [6.07, 6.45) is 1.12. The van der Waals surface area contributed by atoms with E-state index in [0.29, 0.717) is 5.92 Å². The molecule has 0 aliphatic heterocycles. The van der Waals surface area contributed by atoms with Gasteiger partial charge in [-0.3, -0.25) is 0 Å². The smallest absolute Gasteiger partial charge is 0.0939 e. The van der Waals surface area contributed by atoms with Gasteiger partial charge in [-0.15, -0.1) is 22.9 Å². The Bertz CT molecular complexity index is 501. The van der Waals surface area contributed by atoms with Crippen LogP contribution < -0.4 is 0 Å². The highest BCUT2D eigenvalue weighted by Crippen LogP contribution is 2.37. The Morgan fingerprint density at radius 3 is 2.33 bits per heavy atom. The van der Waals surface area contributed by atoms with Crippen molar-refractivity contribution in [2.75, 3.05) is 0 Å². The Morgan fingerprint density at radius 2 is 1.83 bits per heavy atom. The molecule has 1 aromatic carbocycles. The molecular weight excluding hydrogens is 328 g/mol. The van der Waals surface area contributed by atoms with Crippen molar-refractivity contribution in [1.82, 2.24) is 0 Å². The van der Waals surface area contributed by atoms with Gasteiger partial charge in [0.1, 0.15) is 0 Å². The van der Waals surface area contributed by atoms with Crippen LogP contribution >= 0.6 is 38.9 Å². The first-order valence-electron chi connectivity index (χ1n) is 6.03. The van der Waals surface area contributed by atoms with E-state index in [-0.39, 0.29) is 5.38 Å². The molecule has 0 nitrogen and oxygen atoms in total. The molecule has 18 heavy (non-hydrogen) atoms. The average molecular weight is 344 g/mol. The minimum absolute atomic E-state index is 0.0625. The van der Waals surface area contributed by atoms with Crippen molar-refractivity contribution in [2.24, 2.45) is 5.92 Å². The summed E-state index contributed by atoms with van der Waals surface area (Å²) in [5.74, 6) is 0.689. The monoisotopic (exact) mass is 342 g/mol. The number of benzene rings is 1. The quantitative estimate of drug-likeness (QED) is 0.594. The predicted octanol–water partition coefficient (Wildman–Crippen LogP) is 6.04. The number of rotatable bonds is 4. The molecule has 3 heteroatoms. The molecule has 0 N–H and O–H groups in total. The van der Waals surface area contributed by atoms with E-state index in [1.807, 2.05) is 6.07 Å². The van der Waals surface area contributed by atoms with Crippen LogP contribution in [0.2, 0.25) is 0 Å². The van der Waals surface area contributed by atoms with Crippen LogP contribution in [-0.2, 0) is 6.42 Å². The molecule has 1 unspecified atom stereocenters. The predicted molar refractivity (Wildman–Crippen MR) is 84.7 cm³/mol. The molecule has 2 rings (SSSR count). The van der Waals surface area contributed by atoms with Gasteiger partial charge in [-0.05, 0) is 50.8 Å². The van der Waals surface area contributed by atoms with Gasteiger partial charge >= 0.3 is 0 Å². The first-order valence-corrected chi connectivity index (χ1v) is 8.14. The summed E-state index contributed by atoms with van der Waals surface area (Å²) in [7, 11) is 0. The topological polar surface area (TPSA) is 0 Å². The molecule has 0 saturated carbocycles. The van der Waals surface area contributed by atoms with E-state index in [2.05, 4.69) is 59.4 Å². The fourth-order valence-electron chi connectivity index (χ4n) is 1.93. The normalized spacial score (nSPS) is 12.9. The standard InChI is InChI=1S/C15H16BrClS/c1-10(2)9-11-3-5-12(6-4-11)14(17)15-13(16)7-8-18-15/h3-8,10,14H,9H2,1-2H3. The summed E-state index contributed by atoms with van der Waals surface area (Å²) in [4.78, 5) is 1.17. The minimum atomic E-state index is -0.0625. The highest BCUT2D eigenvalue weighted by molar-refractivity contribution is 9.10. The molecule has 1 aromatic heterocycles. The van der Waals surface area contributed by atoms with Crippen molar-refractivity contribution in [3.63, 3.8) is 0 Å². The van der Waals surface area contributed by atoms with Crippen LogP contribution in [0.4, 0.5) is 0 Å². The van der Waals surface area contributed by atoms with Crippen LogP contribution in [0.5, 0.6) is 0 Å². The zero-order valence-corrected chi connectivity index (χ0v) is 13.6. The molecule has 0 spiro atoms. The Labute approximate surface area is 126 Å². The average Bonchev–Trinajstić information content (AvgIpc) is 2.75. The summed E-state index contributed by atoms with van der Waals surface area (Å²) < 4.78 is 1.10. The zero-order valence-electron chi connectivity index (χ0n) is 10.5. The van der Waals surface area contributed by atoms with Crippen molar-refractivity contribution >= 4 is 38.9 Å². The number of hydrogen-bond acceptors (Lipinski definition) is 1. The van der Waals surface area contributed by atoms with Gasteiger partial charge in [-0.25, -0.2) is 0 Å². The minimum Gasteiger partial charge on any atom is -0.146 e. The van der Waals surface area contributed by atoms with Crippen LogP contribution in [0, 0.1) is 5.92 Å². The van der Waals surface area contributed by atoms with Crippen LogP contribution in [0.3, 0.4) is 0 Å². The fourth-order valence-corrected chi connectivity index (χ4v) is 4.08. The lowest BCUT2D eigenvalue weighted by Crippen LogP contribution is -1.96. The third kappa shape index (κ3) is 3.37. The molecule has 0 fully saturated rings. The van der Waals surface area contributed by atoms with Crippen molar-refractivity contribution in [3.05, 3.63) is 56.2 Å². The van der Waals surface area contributed by atoms with Gasteiger partial charge in [0.05, 0.1) is 5.38 Å². The molecule has 0 radical (unpaired) electrons. The molecule has 0 saturated heterocycles. The number of hydrogen-bond donors (Lipinski definition) is 0. The number of alkyl halides is 1. The molecule has 1 atom stereocenters. The molecule has 0 bridgehead atoms. The molecule has 96 valence electrons. The lowest BCUT2D eigenvalue weighted by Gasteiger charge is -2.10. The van der Waals surface area contributed by atoms with Crippen LogP contribution in [0.15, 0.2) is 40.2 Å². The second-order valence-electron chi connectivity index (χ2n) is 4.83. The SMILES string of the molecule is CC(C)Cc1ccc(C(Cl)c2sccc2Br)cc1. The van der Waals surface area contributed by atoms with Crippen LogP contribution in [0.25, 0.3) is 0 Å². The van der Waals surface area contributed by atoms with Crippen LogP contribution in [0.1, 0.15) is 35.2 Å². The maximum Gasteiger partial charge on any atom is 0.0939 e. The van der Waals surface area contributed by atoms with Crippen molar-refractivity contribution < 1.29 is 0 Å². The van der Waals surface area contributed by atoms with Gasteiger partial charge in [0.2, 0.25) is 0 Å². The van der Waals surface area contributed by atoms with E-state index < -0.39 is 0 Å². The van der Waals surface area contributed by atoms with E-state index in [1.165, 1.54) is 10.4 Å². The van der Waals surface area contributed by atoms with E-state index in [9.17, 15) is 0 Å². The highest BCUT2D eigenvalue weighted by Gasteiger charge is 2.15. The van der Waals surface area contributed by atoms with Crippen LogP contribution in [-0.4, -0.2) is 0 Å². The fraction of sp³-hybridized carbons (Fsp3) is 0.333. The van der Waals surface area contributed by atoms with Gasteiger partial charge < -0.3 is 0 Å². The van der Waals surface area contributed by atoms with E-state index in [0.717, 1.165) is 16.5 Å². The maximum atomic E-state index is 6.52. The Kier molecular flexibility index (Phi) is 4.88. The molecular formula is C15H16BrClS. The molecule has 0 aliphatic carbocycles. The van der Waals surface area contributed by atoms with Crippen molar-refractivity contribution in [1.29, 1.82) is 0 Å². The summed E-state index contributed by atoms with van der Waals surface area (Å²) in [5, 5.41) is 1.99. The van der Waals surface area contributed by atoms with Gasteiger partial charge in [0.15, 0.2) is 0 Å². The van der Waals surface area contributed by atoms with Gasteiger partial charge in [-0.2, -0.15) is 0 Å². The molecule has 0 aliphatic rings. The van der Waals surface area contributed by atoms with E-state index in [1.54, 1.807) is 11.3 Å². The van der Waals surface area contributed by atoms with Gasteiger partial charge in [-0.1, -0.05) is 38.1 Å². The van der Waals surface area contributed by atoms with Crippen molar-refractivity contribution in [3.8, 4) is 0 Å². The summed E-state index contributed by atoms with van der Waals surface area (Å²) in [6, 6.07) is 10.7. The van der Waals surface area contributed by atoms with Crippen molar-refractivity contribution in [2.45, 2.75) is 25.6 Å². The van der Waals surface area contributed by atoms with E-state index >= 15 is 0 Å². The Morgan fingerprint density at radius 1 is 1.17 bits per heavy atom. The first kappa shape index (κ1) is 14.1. The maximum absolute atomic E-state index is 6.52. The third-order valence-corrected chi connectivity index (χ3v) is 5.33. The lowest BCUT2D eigenvalue weighted by atomic mass is 10.0. The van der Waals surface area contributed by atoms with Gasteiger partial charge in [0, 0.05) is 9.35 Å². The summed E-state index contributed by atoms with van der Waals surface area (Å²) in [6.45, 7) is 4.47. The van der Waals surface area contributed by atoms with Gasteiger partial charge in [0.25, 0.3) is 0 Å². The second-order valence-corrected chi connectivity index (χ2v) is 7.07. The largest absolute Gasteiger partial charge is 0.146 e.